The monoisotopic (exact) mass is 629 g/mol. The predicted molar refractivity (Wildman–Crippen MR) is 162 cm³/mol. The van der Waals surface area contributed by atoms with Crippen molar-refractivity contribution in [1.82, 2.24) is 4.57 Å². The molecule has 1 aliphatic rings. The second-order valence-corrected chi connectivity index (χ2v) is 11.2. The molecule has 0 spiro atoms. The number of alkyl halides is 3. The van der Waals surface area contributed by atoms with Gasteiger partial charge >= 0.3 is 18.1 Å². The molecule has 1 amide bonds. The van der Waals surface area contributed by atoms with Gasteiger partial charge in [0.05, 0.1) is 50.1 Å². The summed E-state index contributed by atoms with van der Waals surface area (Å²) in [6.07, 6.45) is -3.50. The van der Waals surface area contributed by atoms with Crippen LogP contribution in [-0.4, -0.2) is 55.3 Å². The smallest absolute Gasteiger partial charge is 0.418 e. The van der Waals surface area contributed by atoms with Crippen LogP contribution in [0.4, 0.5) is 24.5 Å². The molecule has 1 atom stereocenters. The molecule has 1 fully saturated rings. The lowest BCUT2D eigenvalue weighted by Gasteiger charge is -2.25. The molecule has 1 aromatic heterocycles. The minimum atomic E-state index is -4.82. The Balaban J connectivity index is 1.60. The molecule has 0 bridgehead atoms. The summed E-state index contributed by atoms with van der Waals surface area (Å²) in [5, 5.41) is 2.47. The molecule has 0 aliphatic carbocycles. The molecule has 2 aromatic carbocycles. The average Bonchev–Trinajstić information content (AvgIpc) is 3.62. The third kappa shape index (κ3) is 8.65. The first-order valence-corrected chi connectivity index (χ1v) is 14.7. The van der Waals surface area contributed by atoms with Crippen molar-refractivity contribution >= 4 is 29.2 Å². The Morgan fingerprint density at radius 3 is 2.47 bits per heavy atom. The number of hydrogen-bond acceptors (Lipinski definition) is 7. The summed E-state index contributed by atoms with van der Waals surface area (Å²) in [6, 6.07) is 13.4. The van der Waals surface area contributed by atoms with E-state index >= 15 is 0 Å². The van der Waals surface area contributed by atoms with Crippen molar-refractivity contribution < 1.29 is 41.8 Å². The topological polar surface area (TPSA) is 99.1 Å². The SMILES string of the molecule is COC(=O)Cc1cc(NC(=O)c2ccn(CCOCc3ccccc3)c2C(C)C)c(C(F)(F)F)cc1N1CC[C@@H](OC(C)=O)C1. The number of carbonyl (C=O) groups is 3. The fraction of sp³-hybridized carbons (Fsp3) is 0.424. The minimum absolute atomic E-state index is 0.116. The van der Waals surface area contributed by atoms with Gasteiger partial charge in [-0.2, -0.15) is 13.2 Å². The third-order valence-electron chi connectivity index (χ3n) is 7.54. The van der Waals surface area contributed by atoms with Crippen molar-refractivity contribution in [1.29, 1.82) is 0 Å². The highest BCUT2D eigenvalue weighted by atomic mass is 19.4. The molecular formula is C33H38F3N3O6. The summed E-state index contributed by atoms with van der Waals surface area (Å²) >= 11 is 0. The summed E-state index contributed by atoms with van der Waals surface area (Å²) < 4.78 is 61.0. The Bertz CT molecular complexity index is 1500. The van der Waals surface area contributed by atoms with E-state index in [-0.39, 0.29) is 35.7 Å². The highest BCUT2D eigenvalue weighted by Gasteiger charge is 2.37. The molecule has 9 nitrogen and oxygen atoms in total. The number of amides is 1. The maximum absolute atomic E-state index is 14.4. The minimum Gasteiger partial charge on any atom is -0.469 e. The molecule has 0 unspecified atom stereocenters. The fourth-order valence-corrected chi connectivity index (χ4v) is 5.54. The molecule has 1 N–H and O–H groups in total. The number of nitrogens with one attached hydrogen (secondary N) is 1. The van der Waals surface area contributed by atoms with Gasteiger partial charge in [-0.3, -0.25) is 14.4 Å². The van der Waals surface area contributed by atoms with Crippen LogP contribution >= 0.6 is 0 Å². The number of anilines is 2. The first-order chi connectivity index (χ1) is 21.4. The van der Waals surface area contributed by atoms with Crippen LogP contribution in [0.2, 0.25) is 0 Å². The number of ether oxygens (including phenoxy) is 3. The first-order valence-electron chi connectivity index (χ1n) is 14.7. The van der Waals surface area contributed by atoms with Crippen molar-refractivity contribution in [3.05, 3.63) is 82.7 Å². The number of rotatable bonds is 12. The van der Waals surface area contributed by atoms with E-state index < -0.39 is 41.4 Å². The van der Waals surface area contributed by atoms with Gasteiger partial charge in [0.25, 0.3) is 5.91 Å². The van der Waals surface area contributed by atoms with Gasteiger partial charge in [0, 0.05) is 44.0 Å². The van der Waals surface area contributed by atoms with E-state index in [9.17, 15) is 27.6 Å². The van der Waals surface area contributed by atoms with Crippen LogP contribution in [-0.2, 0) is 49.5 Å². The molecule has 4 rings (SSSR count). The van der Waals surface area contributed by atoms with E-state index in [1.807, 2.05) is 48.7 Å². The summed E-state index contributed by atoms with van der Waals surface area (Å²) in [5.41, 5.74) is 0.791. The van der Waals surface area contributed by atoms with E-state index in [0.29, 0.717) is 38.4 Å². The lowest BCUT2D eigenvalue weighted by Crippen LogP contribution is -2.26. The molecule has 45 heavy (non-hydrogen) atoms. The molecule has 1 aliphatic heterocycles. The molecule has 2 heterocycles. The van der Waals surface area contributed by atoms with Gasteiger partial charge in [0.1, 0.15) is 6.10 Å². The van der Waals surface area contributed by atoms with Gasteiger partial charge < -0.3 is 29.0 Å². The normalized spacial score (nSPS) is 14.9. The number of esters is 2. The Labute approximate surface area is 260 Å². The van der Waals surface area contributed by atoms with Crippen molar-refractivity contribution in [3.8, 4) is 0 Å². The maximum atomic E-state index is 14.4. The summed E-state index contributed by atoms with van der Waals surface area (Å²) in [7, 11) is 1.19. The maximum Gasteiger partial charge on any atom is 0.418 e. The largest absolute Gasteiger partial charge is 0.469 e. The first kappa shape index (κ1) is 33.6. The van der Waals surface area contributed by atoms with Gasteiger partial charge in [0.15, 0.2) is 0 Å². The zero-order chi connectivity index (χ0) is 32.7. The summed E-state index contributed by atoms with van der Waals surface area (Å²) in [6.45, 7) is 6.79. The van der Waals surface area contributed by atoms with E-state index in [1.165, 1.54) is 20.1 Å². The fourth-order valence-electron chi connectivity index (χ4n) is 5.54. The molecule has 3 aromatic rings. The van der Waals surface area contributed by atoms with Crippen LogP contribution in [0.5, 0.6) is 0 Å². The number of aromatic nitrogens is 1. The predicted octanol–water partition coefficient (Wildman–Crippen LogP) is 5.96. The summed E-state index contributed by atoms with van der Waals surface area (Å²) in [4.78, 5) is 38.9. The van der Waals surface area contributed by atoms with E-state index in [0.717, 1.165) is 11.6 Å². The van der Waals surface area contributed by atoms with Gasteiger partial charge in [-0.25, -0.2) is 0 Å². The van der Waals surface area contributed by atoms with Crippen LogP contribution in [0.3, 0.4) is 0 Å². The van der Waals surface area contributed by atoms with E-state index in [1.54, 1.807) is 17.2 Å². The van der Waals surface area contributed by atoms with Crippen molar-refractivity contribution in [3.63, 3.8) is 0 Å². The molecule has 242 valence electrons. The molecule has 12 heteroatoms. The molecule has 0 radical (unpaired) electrons. The van der Waals surface area contributed by atoms with Crippen molar-refractivity contribution in [2.45, 2.75) is 65.0 Å². The van der Waals surface area contributed by atoms with Crippen LogP contribution in [0.25, 0.3) is 0 Å². The number of methoxy groups -OCH3 is 1. The molecule has 1 saturated heterocycles. The highest BCUT2D eigenvalue weighted by Crippen LogP contribution is 2.41. The number of carbonyl (C=O) groups excluding carboxylic acids is 3. The Kier molecular flexibility index (Phi) is 10.9. The van der Waals surface area contributed by atoms with Crippen LogP contribution in [0.1, 0.15) is 65.9 Å². The molecule has 0 saturated carbocycles. The van der Waals surface area contributed by atoms with Crippen molar-refractivity contribution in [2.75, 3.05) is 37.0 Å². The lowest BCUT2D eigenvalue weighted by atomic mass is 10.0. The Morgan fingerprint density at radius 2 is 1.82 bits per heavy atom. The molecular weight excluding hydrogens is 591 g/mol. The quantitative estimate of drug-likeness (QED) is 0.195. The number of benzene rings is 2. The highest BCUT2D eigenvalue weighted by molar-refractivity contribution is 6.06. The average molecular weight is 630 g/mol. The lowest BCUT2D eigenvalue weighted by molar-refractivity contribution is -0.145. The van der Waals surface area contributed by atoms with Gasteiger partial charge in [-0.1, -0.05) is 44.2 Å². The van der Waals surface area contributed by atoms with E-state index in [4.69, 9.17) is 14.2 Å². The number of halogens is 3. The second kappa shape index (κ2) is 14.6. The van der Waals surface area contributed by atoms with Gasteiger partial charge in [0.2, 0.25) is 0 Å². The van der Waals surface area contributed by atoms with Crippen LogP contribution in [0, 0.1) is 0 Å². The number of hydrogen-bond donors (Lipinski definition) is 1. The van der Waals surface area contributed by atoms with Gasteiger partial charge in [-0.15, -0.1) is 0 Å². The Hall–Kier alpha value is -4.32. The Morgan fingerprint density at radius 1 is 1.09 bits per heavy atom. The van der Waals surface area contributed by atoms with Gasteiger partial charge in [-0.05, 0) is 35.2 Å². The zero-order valence-corrected chi connectivity index (χ0v) is 25.8. The third-order valence-corrected chi connectivity index (χ3v) is 7.54. The van der Waals surface area contributed by atoms with Crippen LogP contribution in [0.15, 0.2) is 54.7 Å². The van der Waals surface area contributed by atoms with E-state index in [2.05, 4.69) is 5.32 Å². The van der Waals surface area contributed by atoms with Crippen molar-refractivity contribution in [2.24, 2.45) is 0 Å². The standard InChI is InChI=1S/C33H38F3N3O6/c1-21(2)31-26(11-13-38(31)14-15-44-20-23-8-6-5-7-9-23)32(42)37-28-16-24(17-30(41)43-4)29(18-27(28)33(34,35)36)39-12-10-25(19-39)45-22(3)40/h5-9,11,13,16,18,21,25H,10,12,14-15,17,19-20H2,1-4H3,(H,37,42)/t25-/m1/s1. The zero-order valence-electron chi connectivity index (χ0n) is 25.8. The second-order valence-electron chi connectivity index (χ2n) is 11.2. The summed E-state index contributed by atoms with van der Waals surface area (Å²) in [5.74, 6) is -1.96. The number of nitrogens with zero attached hydrogens (tertiary/aromatic N) is 2. The van der Waals surface area contributed by atoms with Crippen LogP contribution < -0.4 is 10.2 Å².